The molecule has 0 spiro atoms. The molecule has 0 aliphatic rings. The van der Waals surface area contributed by atoms with Crippen LogP contribution in [-0.4, -0.2) is 17.5 Å². The summed E-state index contributed by atoms with van der Waals surface area (Å²) in [5, 5.41) is 2.93. The molecular formula is C26H25BrN2O3. The van der Waals surface area contributed by atoms with Crippen LogP contribution in [0.2, 0.25) is 0 Å². The van der Waals surface area contributed by atoms with Crippen LogP contribution in [0.3, 0.4) is 0 Å². The zero-order valence-electron chi connectivity index (χ0n) is 18.3. The van der Waals surface area contributed by atoms with Gasteiger partial charge in [-0.25, -0.2) is 4.98 Å². The van der Waals surface area contributed by atoms with Gasteiger partial charge in [0.15, 0.2) is 5.58 Å². The predicted molar refractivity (Wildman–Crippen MR) is 131 cm³/mol. The smallest absolute Gasteiger partial charge is 0.255 e. The van der Waals surface area contributed by atoms with E-state index < -0.39 is 0 Å². The van der Waals surface area contributed by atoms with Gasteiger partial charge in [0.05, 0.1) is 11.1 Å². The molecule has 0 saturated carbocycles. The van der Waals surface area contributed by atoms with Gasteiger partial charge in [-0.2, -0.15) is 0 Å². The molecular weight excluding hydrogens is 468 g/mol. The number of halogens is 1. The van der Waals surface area contributed by atoms with Crippen molar-refractivity contribution < 1.29 is 13.9 Å². The van der Waals surface area contributed by atoms with Gasteiger partial charge in [0, 0.05) is 16.8 Å². The molecule has 3 aromatic carbocycles. The molecule has 0 fully saturated rings. The molecule has 4 aromatic rings. The molecule has 32 heavy (non-hydrogen) atoms. The van der Waals surface area contributed by atoms with E-state index in [4.69, 9.17) is 9.15 Å². The molecule has 0 bridgehead atoms. The van der Waals surface area contributed by atoms with Crippen molar-refractivity contribution in [3.63, 3.8) is 0 Å². The second-order valence-corrected chi connectivity index (χ2v) is 8.92. The average Bonchev–Trinajstić information content (AvgIpc) is 3.23. The number of rotatable bonds is 7. The van der Waals surface area contributed by atoms with Gasteiger partial charge in [0.25, 0.3) is 5.91 Å². The molecule has 164 valence electrons. The van der Waals surface area contributed by atoms with Crippen LogP contribution < -0.4 is 10.1 Å². The molecule has 0 aliphatic heterocycles. The highest BCUT2D eigenvalue weighted by Crippen LogP contribution is 2.31. The SMILES string of the molecule is CCc1cc(Br)c2oc(-c3ccc(NC(=O)c4cccc(OCC(C)C)c4)cc3)nc2c1. The first-order valence-electron chi connectivity index (χ1n) is 10.7. The van der Waals surface area contributed by atoms with Crippen molar-refractivity contribution in [2.75, 3.05) is 11.9 Å². The molecule has 0 radical (unpaired) electrons. The minimum atomic E-state index is -0.189. The van der Waals surface area contributed by atoms with Gasteiger partial charge in [-0.05, 0) is 88.4 Å². The molecule has 1 N–H and O–H groups in total. The number of nitrogens with one attached hydrogen (secondary N) is 1. The summed E-state index contributed by atoms with van der Waals surface area (Å²) < 4.78 is 12.6. The van der Waals surface area contributed by atoms with Crippen molar-refractivity contribution in [2.24, 2.45) is 5.92 Å². The summed E-state index contributed by atoms with van der Waals surface area (Å²) >= 11 is 3.57. The first-order valence-corrected chi connectivity index (χ1v) is 11.5. The predicted octanol–water partition coefficient (Wildman–Crippen LogP) is 7.11. The first kappa shape index (κ1) is 22.1. The van der Waals surface area contributed by atoms with E-state index in [0.29, 0.717) is 35.4 Å². The van der Waals surface area contributed by atoms with E-state index in [-0.39, 0.29) is 5.91 Å². The maximum absolute atomic E-state index is 12.7. The highest BCUT2D eigenvalue weighted by atomic mass is 79.9. The number of ether oxygens (including phenoxy) is 1. The molecule has 1 amide bonds. The van der Waals surface area contributed by atoms with Crippen LogP contribution in [0.5, 0.6) is 5.75 Å². The zero-order chi connectivity index (χ0) is 22.7. The minimum absolute atomic E-state index is 0.189. The molecule has 1 heterocycles. The number of carbonyl (C=O) groups excluding carboxylic acids is 1. The molecule has 1 aromatic heterocycles. The number of carbonyl (C=O) groups is 1. The Hall–Kier alpha value is -3.12. The number of hydrogen-bond donors (Lipinski definition) is 1. The third kappa shape index (κ3) is 5.02. The van der Waals surface area contributed by atoms with Crippen molar-refractivity contribution in [2.45, 2.75) is 27.2 Å². The number of aryl methyl sites for hydroxylation is 1. The summed E-state index contributed by atoms with van der Waals surface area (Å²) in [7, 11) is 0. The number of nitrogens with zero attached hydrogens (tertiary/aromatic N) is 1. The van der Waals surface area contributed by atoms with E-state index >= 15 is 0 Å². The fourth-order valence-electron chi connectivity index (χ4n) is 3.26. The largest absolute Gasteiger partial charge is 0.493 e. The topological polar surface area (TPSA) is 64.4 Å². The number of fused-ring (bicyclic) bond motifs is 1. The summed E-state index contributed by atoms with van der Waals surface area (Å²) in [5.41, 5.74) is 4.83. The van der Waals surface area contributed by atoms with Crippen molar-refractivity contribution in [3.05, 3.63) is 76.3 Å². The third-order valence-corrected chi connectivity index (χ3v) is 5.57. The van der Waals surface area contributed by atoms with Gasteiger partial charge in [-0.15, -0.1) is 0 Å². The number of anilines is 1. The fourth-order valence-corrected chi connectivity index (χ4v) is 3.84. The summed E-state index contributed by atoms with van der Waals surface area (Å²) in [5.74, 6) is 1.46. The van der Waals surface area contributed by atoms with E-state index in [9.17, 15) is 4.79 Å². The zero-order valence-corrected chi connectivity index (χ0v) is 19.9. The van der Waals surface area contributed by atoms with Gasteiger partial charge in [0.1, 0.15) is 11.3 Å². The number of oxazole rings is 1. The number of aromatic nitrogens is 1. The standard InChI is InChI=1S/C26H25BrN2O3/c1-4-17-12-22(27)24-23(13-17)29-26(32-24)18-8-10-20(11-9-18)28-25(30)19-6-5-7-21(14-19)31-15-16(2)3/h5-14,16H,4,15H2,1-3H3,(H,28,30). The van der Waals surface area contributed by atoms with Gasteiger partial charge < -0.3 is 14.5 Å². The lowest BCUT2D eigenvalue weighted by atomic mass is 10.1. The van der Waals surface area contributed by atoms with Crippen LogP contribution in [-0.2, 0) is 6.42 Å². The molecule has 5 nitrogen and oxygen atoms in total. The Morgan fingerprint density at radius 3 is 2.62 bits per heavy atom. The van der Waals surface area contributed by atoms with Crippen LogP contribution in [0, 0.1) is 5.92 Å². The summed E-state index contributed by atoms with van der Waals surface area (Å²) in [6, 6.07) is 18.8. The Morgan fingerprint density at radius 2 is 1.91 bits per heavy atom. The van der Waals surface area contributed by atoms with Crippen molar-refractivity contribution in [1.82, 2.24) is 4.98 Å². The van der Waals surface area contributed by atoms with Gasteiger partial charge in [-0.3, -0.25) is 4.79 Å². The highest BCUT2D eigenvalue weighted by molar-refractivity contribution is 9.10. The van der Waals surface area contributed by atoms with Crippen LogP contribution in [0.4, 0.5) is 5.69 Å². The van der Waals surface area contributed by atoms with Crippen LogP contribution in [0.1, 0.15) is 36.7 Å². The van der Waals surface area contributed by atoms with Gasteiger partial charge >= 0.3 is 0 Å². The van der Waals surface area contributed by atoms with Crippen molar-refractivity contribution in [3.8, 4) is 17.2 Å². The molecule has 0 atom stereocenters. The Bertz CT molecular complexity index is 1250. The summed E-state index contributed by atoms with van der Waals surface area (Å²) in [4.78, 5) is 17.3. The second-order valence-electron chi connectivity index (χ2n) is 8.06. The molecule has 0 saturated heterocycles. The average molecular weight is 493 g/mol. The van der Waals surface area contributed by atoms with E-state index in [1.807, 2.05) is 42.5 Å². The van der Waals surface area contributed by atoms with E-state index in [1.165, 1.54) is 5.56 Å². The first-order chi connectivity index (χ1) is 15.4. The monoisotopic (exact) mass is 492 g/mol. The lowest BCUT2D eigenvalue weighted by Crippen LogP contribution is -2.12. The van der Waals surface area contributed by atoms with Crippen LogP contribution in [0.15, 0.2) is 69.6 Å². The Balaban J connectivity index is 1.48. The molecule has 0 unspecified atom stereocenters. The number of amides is 1. The summed E-state index contributed by atoms with van der Waals surface area (Å²) in [6.07, 6.45) is 0.928. The summed E-state index contributed by atoms with van der Waals surface area (Å²) in [6.45, 7) is 6.89. The lowest BCUT2D eigenvalue weighted by Gasteiger charge is -2.10. The van der Waals surface area contributed by atoms with Crippen LogP contribution in [0.25, 0.3) is 22.6 Å². The second kappa shape index (κ2) is 9.57. The maximum atomic E-state index is 12.7. The van der Waals surface area contributed by atoms with Crippen molar-refractivity contribution in [1.29, 1.82) is 0 Å². The quantitative estimate of drug-likeness (QED) is 0.298. The van der Waals surface area contributed by atoms with E-state index in [0.717, 1.165) is 27.6 Å². The van der Waals surface area contributed by atoms with Gasteiger partial charge in [0.2, 0.25) is 5.89 Å². The third-order valence-electron chi connectivity index (χ3n) is 4.98. The van der Waals surface area contributed by atoms with Crippen molar-refractivity contribution >= 4 is 38.6 Å². The highest BCUT2D eigenvalue weighted by Gasteiger charge is 2.13. The number of hydrogen-bond acceptors (Lipinski definition) is 4. The lowest BCUT2D eigenvalue weighted by molar-refractivity contribution is 0.102. The molecule has 6 heteroatoms. The fraction of sp³-hybridized carbons (Fsp3) is 0.231. The minimum Gasteiger partial charge on any atom is -0.493 e. The maximum Gasteiger partial charge on any atom is 0.255 e. The Labute approximate surface area is 195 Å². The molecule has 4 rings (SSSR count). The Kier molecular flexibility index (Phi) is 6.61. The Morgan fingerprint density at radius 1 is 1.12 bits per heavy atom. The van der Waals surface area contributed by atoms with Crippen LogP contribution >= 0.6 is 15.9 Å². The number of benzene rings is 3. The molecule has 0 aliphatic carbocycles. The van der Waals surface area contributed by atoms with E-state index in [1.54, 1.807) is 12.1 Å². The van der Waals surface area contributed by atoms with E-state index in [2.05, 4.69) is 53.1 Å². The van der Waals surface area contributed by atoms with Gasteiger partial charge in [-0.1, -0.05) is 26.8 Å². The normalized spacial score (nSPS) is 11.2.